The van der Waals surface area contributed by atoms with E-state index >= 15 is 0 Å². The summed E-state index contributed by atoms with van der Waals surface area (Å²) >= 11 is 0. The summed E-state index contributed by atoms with van der Waals surface area (Å²) in [5, 5.41) is 8.04. The minimum absolute atomic E-state index is 0.191. The average molecular weight is 289 g/mol. The first kappa shape index (κ1) is 15.5. The maximum atomic E-state index is 6.02. The number of ether oxygens (including phenoxy) is 1. The molecule has 114 valence electrons. The number of benzene rings is 1. The fourth-order valence-corrected chi connectivity index (χ4v) is 2.09. The van der Waals surface area contributed by atoms with Crippen LogP contribution in [0.2, 0.25) is 0 Å². The second kappa shape index (κ2) is 7.22. The Morgan fingerprint density at radius 1 is 1.24 bits per heavy atom. The van der Waals surface area contributed by atoms with Gasteiger partial charge in [0.2, 0.25) is 11.8 Å². The van der Waals surface area contributed by atoms with Crippen molar-refractivity contribution in [1.82, 2.24) is 10.2 Å². The maximum Gasteiger partial charge on any atom is 0.233 e. The molecule has 0 saturated carbocycles. The zero-order valence-corrected chi connectivity index (χ0v) is 12.9. The highest BCUT2D eigenvalue weighted by molar-refractivity contribution is 5.31. The Kier molecular flexibility index (Phi) is 5.33. The van der Waals surface area contributed by atoms with Crippen molar-refractivity contribution in [3.05, 3.63) is 41.6 Å². The lowest BCUT2D eigenvalue weighted by Crippen LogP contribution is -2.13. The molecule has 5 heteroatoms. The summed E-state index contributed by atoms with van der Waals surface area (Å²) < 4.78 is 11.3. The molecular weight excluding hydrogens is 266 g/mol. The summed E-state index contributed by atoms with van der Waals surface area (Å²) in [6, 6.07) is 7.72. The number of rotatable bonds is 7. The van der Waals surface area contributed by atoms with Crippen LogP contribution in [-0.2, 0) is 6.42 Å². The fourth-order valence-electron chi connectivity index (χ4n) is 2.09. The molecule has 2 N–H and O–H groups in total. The van der Waals surface area contributed by atoms with E-state index in [4.69, 9.17) is 14.9 Å². The van der Waals surface area contributed by atoms with Crippen LogP contribution >= 0.6 is 0 Å². The number of hydrogen-bond donors (Lipinski definition) is 1. The maximum absolute atomic E-state index is 6.02. The second-order valence-corrected chi connectivity index (χ2v) is 5.63. The molecule has 2 aromatic rings. The van der Waals surface area contributed by atoms with E-state index in [9.17, 15) is 0 Å². The third-order valence-electron chi connectivity index (χ3n) is 3.19. The number of aromatic nitrogens is 2. The third-order valence-corrected chi connectivity index (χ3v) is 3.19. The molecule has 0 saturated heterocycles. The van der Waals surface area contributed by atoms with Crippen LogP contribution in [0.3, 0.4) is 0 Å². The highest BCUT2D eigenvalue weighted by Gasteiger charge is 2.15. The van der Waals surface area contributed by atoms with Gasteiger partial charge in [0.05, 0.1) is 19.1 Å². The van der Waals surface area contributed by atoms with Crippen molar-refractivity contribution >= 4 is 0 Å². The van der Waals surface area contributed by atoms with E-state index in [1.165, 1.54) is 0 Å². The standard InChI is InChI=1S/C16H23N3O2/c1-11(2)10-13(17)16-19-18-15(21-16)8-9-20-14-7-5-4-6-12(14)3/h4-7,11,13H,8-10,17H2,1-3H3. The number of nitrogens with two attached hydrogens (primary N) is 1. The summed E-state index contributed by atoms with van der Waals surface area (Å²) in [5.41, 5.74) is 7.13. The lowest BCUT2D eigenvalue weighted by molar-refractivity contribution is 0.298. The first-order valence-corrected chi connectivity index (χ1v) is 7.32. The summed E-state index contributed by atoms with van der Waals surface area (Å²) in [6.07, 6.45) is 1.41. The molecule has 1 aromatic heterocycles. The molecule has 0 amide bonds. The Morgan fingerprint density at radius 2 is 2.00 bits per heavy atom. The van der Waals surface area contributed by atoms with Crippen molar-refractivity contribution in [2.75, 3.05) is 6.61 Å². The minimum atomic E-state index is -0.191. The van der Waals surface area contributed by atoms with Crippen LogP contribution in [-0.4, -0.2) is 16.8 Å². The number of aryl methyl sites for hydroxylation is 1. The molecule has 21 heavy (non-hydrogen) atoms. The Balaban J connectivity index is 1.84. The van der Waals surface area contributed by atoms with Gasteiger partial charge in [-0.3, -0.25) is 0 Å². The summed E-state index contributed by atoms with van der Waals surface area (Å²) in [6.45, 7) is 6.76. The quantitative estimate of drug-likeness (QED) is 0.848. The van der Waals surface area contributed by atoms with E-state index in [-0.39, 0.29) is 6.04 Å². The zero-order valence-electron chi connectivity index (χ0n) is 12.9. The van der Waals surface area contributed by atoms with Crippen molar-refractivity contribution in [2.45, 2.75) is 39.7 Å². The molecule has 1 atom stereocenters. The van der Waals surface area contributed by atoms with Crippen LogP contribution in [0.1, 0.15) is 43.7 Å². The van der Waals surface area contributed by atoms with Crippen LogP contribution in [0.25, 0.3) is 0 Å². The monoisotopic (exact) mass is 289 g/mol. The summed E-state index contributed by atoms with van der Waals surface area (Å²) in [4.78, 5) is 0. The molecule has 0 aliphatic rings. The topological polar surface area (TPSA) is 74.2 Å². The van der Waals surface area contributed by atoms with Crippen molar-refractivity contribution in [3.63, 3.8) is 0 Å². The largest absolute Gasteiger partial charge is 0.493 e. The first-order valence-electron chi connectivity index (χ1n) is 7.32. The van der Waals surface area contributed by atoms with Gasteiger partial charge < -0.3 is 14.9 Å². The molecule has 0 bridgehead atoms. The molecule has 1 aromatic carbocycles. The van der Waals surface area contributed by atoms with Crippen molar-refractivity contribution in [1.29, 1.82) is 0 Å². The predicted molar refractivity (Wildman–Crippen MR) is 81.1 cm³/mol. The minimum Gasteiger partial charge on any atom is -0.493 e. The van der Waals surface area contributed by atoms with Gasteiger partial charge in [0, 0.05) is 0 Å². The molecule has 0 aliphatic heterocycles. The Labute approximate surface area is 125 Å². The van der Waals surface area contributed by atoms with Crippen LogP contribution in [0.15, 0.2) is 28.7 Å². The molecular formula is C16H23N3O2. The highest BCUT2D eigenvalue weighted by atomic mass is 16.5. The second-order valence-electron chi connectivity index (χ2n) is 5.63. The number of hydrogen-bond acceptors (Lipinski definition) is 5. The molecule has 0 fully saturated rings. The van der Waals surface area contributed by atoms with E-state index < -0.39 is 0 Å². The SMILES string of the molecule is Cc1ccccc1OCCc1nnc(C(N)CC(C)C)o1. The van der Waals surface area contributed by atoms with Gasteiger partial charge in [-0.05, 0) is 30.9 Å². The Hall–Kier alpha value is -1.88. The summed E-state index contributed by atoms with van der Waals surface area (Å²) in [5.74, 6) is 2.46. The van der Waals surface area contributed by atoms with Gasteiger partial charge in [-0.2, -0.15) is 0 Å². The molecule has 0 spiro atoms. The molecule has 5 nitrogen and oxygen atoms in total. The fraction of sp³-hybridized carbons (Fsp3) is 0.500. The van der Waals surface area contributed by atoms with Crippen LogP contribution < -0.4 is 10.5 Å². The average Bonchev–Trinajstić information content (AvgIpc) is 2.89. The van der Waals surface area contributed by atoms with Crippen molar-refractivity contribution in [2.24, 2.45) is 11.7 Å². The number of para-hydroxylation sites is 1. The van der Waals surface area contributed by atoms with Gasteiger partial charge in [-0.25, -0.2) is 0 Å². The lowest BCUT2D eigenvalue weighted by Gasteiger charge is -2.09. The van der Waals surface area contributed by atoms with Gasteiger partial charge in [0.25, 0.3) is 0 Å². The number of nitrogens with zero attached hydrogens (tertiary/aromatic N) is 2. The van der Waals surface area contributed by atoms with E-state index in [1.807, 2.05) is 31.2 Å². The first-order chi connectivity index (χ1) is 10.1. The van der Waals surface area contributed by atoms with Crippen molar-refractivity contribution in [3.8, 4) is 5.75 Å². The normalized spacial score (nSPS) is 12.6. The van der Waals surface area contributed by atoms with E-state index in [0.717, 1.165) is 17.7 Å². The van der Waals surface area contributed by atoms with Crippen molar-refractivity contribution < 1.29 is 9.15 Å². The van der Waals surface area contributed by atoms with Gasteiger partial charge in [0.15, 0.2) is 0 Å². The summed E-state index contributed by atoms with van der Waals surface area (Å²) in [7, 11) is 0. The van der Waals surface area contributed by atoms with Crippen LogP contribution in [0, 0.1) is 12.8 Å². The lowest BCUT2D eigenvalue weighted by atomic mass is 10.1. The molecule has 0 radical (unpaired) electrons. The smallest absolute Gasteiger partial charge is 0.233 e. The van der Waals surface area contributed by atoms with Gasteiger partial charge >= 0.3 is 0 Å². The highest BCUT2D eigenvalue weighted by Crippen LogP contribution is 2.18. The molecule has 1 heterocycles. The predicted octanol–water partition coefficient (Wildman–Crippen LogP) is 3.05. The zero-order chi connectivity index (χ0) is 15.2. The van der Waals surface area contributed by atoms with E-state index in [1.54, 1.807) is 0 Å². The Bertz CT molecular complexity index is 566. The van der Waals surface area contributed by atoms with Crippen LogP contribution in [0.5, 0.6) is 5.75 Å². The molecule has 1 unspecified atom stereocenters. The third kappa shape index (κ3) is 4.56. The van der Waals surface area contributed by atoms with E-state index in [0.29, 0.717) is 30.7 Å². The Morgan fingerprint density at radius 3 is 2.71 bits per heavy atom. The van der Waals surface area contributed by atoms with Gasteiger partial charge in [-0.15, -0.1) is 10.2 Å². The van der Waals surface area contributed by atoms with Gasteiger partial charge in [-0.1, -0.05) is 32.0 Å². The van der Waals surface area contributed by atoms with E-state index in [2.05, 4.69) is 24.0 Å². The van der Waals surface area contributed by atoms with Crippen LogP contribution in [0.4, 0.5) is 0 Å². The molecule has 2 rings (SSSR count). The van der Waals surface area contributed by atoms with Gasteiger partial charge in [0.1, 0.15) is 5.75 Å². The molecule has 0 aliphatic carbocycles.